The van der Waals surface area contributed by atoms with E-state index in [1.807, 2.05) is 13.0 Å². The molecule has 0 atom stereocenters. The van der Waals surface area contributed by atoms with Crippen LogP contribution in [0.5, 0.6) is 0 Å². The molecule has 0 saturated heterocycles. The number of hydrogen-bond donors (Lipinski definition) is 1. The zero-order valence-electron chi connectivity index (χ0n) is 10.6. The van der Waals surface area contributed by atoms with Gasteiger partial charge in [-0.3, -0.25) is 4.79 Å². The number of halogens is 1. The molecule has 0 bridgehead atoms. The summed E-state index contributed by atoms with van der Waals surface area (Å²) in [4.78, 5) is 19.7. The molecule has 0 unspecified atom stereocenters. The van der Waals surface area contributed by atoms with Gasteiger partial charge in [0.15, 0.2) is 0 Å². The maximum Gasteiger partial charge on any atom is 0.224 e. The van der Waals surface area contributed by atoms with Gasteiger partial charge >= 0.3 is 0 Å². The quantitative estimate of drug-likeness (QED) is 0.933. The van der Waals surface area contributed by atoms with Crippen LogP contribution in [0.3, 0.4) is 0 Å². The predicted octanol–water partition coefficient (Wildman–Crippen LogP) is 3.01. The zero-order valence-corrected chi connectivity index (χ0v) is 11.3. The van der Waals surface area contributed by atoms with E-state index in [1.165, 1.54) is 6.33 Å². The largest absolute Gasteiger partial charge is 0.326 e. The van der Waals surface area contributed by atoms with E-state index in [0.717, 1.165) is 16.8 Å². The zero-order chi connectivity index (χ0) is 13.7. The van der Waals surface area contributed by atoms with Gasteiger partial charge in [0, 0.05) is 29.5 Å². The van der Waals surface area contributed by atoms with Crippen molar-refractivity contribution in [1.82, 2.24) is 9.97 Å². The summed E-state index contributed by atoms with van der Waals surface area (Å²) < 4.78 is 0. The molecule has 1 N–H and O–H groups in total. The molecule has 19 heavy (non-hydrogen) atoms. The molecular formula is C14H14ClN3O. The summed E-state index contributed by atoms with van der Waals surface area (Å²) in [6, 6.07) is 5.39. The average Bonchev–Trinajstić information content (AvgIpc) is 2.41. The molecule has 5 heteroatoms. The van der Waals surface area contributed by atoms with Gasteiger partial charge in [-0.1, -0.05) is 11.6 Å². The molecule has 1 aromatic carbocycles. The van der Waals surface area contributed by atoms with Crippen LogP contribution in [0.25, 0.3) is 0 Å². The van der Waals surface area contributed by atoms with Gasteiger partial charge in [0.25, 0.3) is 0 Å². The maximum atomic E-state index is 11.8. The number of nitrogens with zero attached hydrogens (tertiary/aromatic N) is 2. The average molecular weight is 276 g/mol. The van der Waals surface area contributed by atoms with E-state index >= 15 is 0 Å². The summed E-state index contributed by atoms with van der Waals surface area (Å²) in [5.41, 5.74) is 2.69. The minimum Gasteiger partial charge on any atom is -0.326 e. The molecule has 2 rings (SSSR count). The molecule has 0 aliphatic carbocycles. The van der Waals surface area contributed by atoms with Crippen molar-refractivity contribution in [3.8, 4) is 0 Å². The number of nitrogens with one attached hydrogen (secondary N) is 1. The van der Waals surface area contributed by atoms with Gasteiger partial charge in [0.1, 0.15) is 6.33 Å². The molecule has 1 aromatic heterocycles. The molecule has 1 heterocycles. The molecule has 0 aliphatic heterocycles. The van der Waals surface area contributed by atoms with Crippen LogP contribution in [0.15, 0.2) is 36.9 Å². The van der Waals surface area contributed by atoms with Crippen LogP contribution < -0.4 is 5.32 Å². The molecule has 0 radical (unpaired) electrons. The number of amides is 1. The van der Waals surface area contributed by atoms with Gasteiger partial charge in [-0.15, -0.1) is 0 Å². The van der Waals surface area contributed by atoms with Crippen molar-refractivity contribution in [3.63, 3.8) is 0 Å². The summed E-state index contributed by atoms with van der Waals surface area (Å²) in [6.45, 7) is 1.91. The summed E-state index contributed by atoms with van der Waals surface area (Å²) >= 11 is 5.87. The van der Waals surface area contributed by atoms with Crippen LogP contribution in [0.4, 0.5) is 5.69 Å². The lowest BCUT2D eigenvalue weighted by molar-refractivity contribution is -0.116. The standard InChI is InChI=1S/C14H14ClN3O/c1-10-6-12(15)3-4-13(10)18-14(19)5-2-11-7-16-9-17-8-11/h3-4,6-9H,2,5H2,1H3,(H,18,19). The van der Waals surface area contributed by atoms with Crippen molar-refractivity contribution < 1.29 is 4.79 Å². The molecule has 2 aromatic rings. The molecule has 4 nitrogen and oxygen atoms in total. The number of carbonyl (C=O) groups is 1. The molecular weight excluding hydrogens is 262 g/mol. The van der Waals surface area contributed by atoms with E-state index in [9.17, 15) is 4.79 Å². The van der Waals surface area contributed by atoms with Crippen LogP contribution in [-0.4, -0.2) is 15.9 Å². The lowest BCUT2D eigenvalue weighted by Gasteiger charge is -2.08. The fraction of sp³-hybridized carbons (Fsp3) is 0.214. The number of benzene rings is 1. The van der Waals surface area contributed by atoms with Crippen molar-refractivity contribution in [2.75, 3.05) is 5.32 Å². The third kappa shape index (κ3) is 4.03. The Morgan fingerprint density at radius 3 is 2.74 bits per heavy atom. The Labute approximate surface area is 116 Å². The third-order valence-corrected chi connectivity index (χ3v) is 2.95. The van der Waals surface area contributed by atoms with Crippen molar-refractivity contribution in [2.45, 2.75) is 19.8 Å². The van der Waals surface area contributed by atoms with Crippen molar-refractivity contribution in [1.29, 1.82) is 0 Å². The Balaban J connectivity index is 1.91. The molecule has 0 saturated carbocycles. The Hall–Kier alpha value is -1.94. The SMILES string of the molecule is Cc1cc(Cl)ccc1NC(=O)CCc1cncnc1. The Bertz CT molecular complexity index is 572. The highest BCUT2D eigenvalue weighted by Gasteiger charge is 2.05. The molecule has 0 spiro atoms. The van der Waals surface area contributed by atoms with E-state index in [4.69, 9.17) is 11.6 Å². The number of hydrogen-bond acceptors (Lipinski definition) is 3. The lowest BCUT2D eigenvalue weighted by Crippen LogP contribution is -2.13. The lowest BCUT2D eigenvalue weighted by atomic mass is 10.1. The summed E-state index contributed by atoms with van der Waals surface area (Å²) in [6.07, 6.45) is 5.93. The number of anilines is 1. The van der Waals surface area contributed by atoms with Gasteiger partial charge in [-0.25, -0.2) is 9.97 Å². The van der Waals surface area contributed by atoms with E-state index in [1.54, 1.807) is 24.5 Å². The van der Waals surface area contributed by atoms with E-state index in [-0.39, 0.29) is 5.91 Å². The number of carbonyl (C=O) groups excluding carboxylic acids is 1. The number of aryl methyl sites for hydroxylation is 2. The second-order valence-corrected chi connectivity index (χ2v) is 4.69. The van der Waals surface area contributed by atoms with Crippen LogP contribution in [-0.2, 0) is 11.2 Å². The van der Waals surface area contributed by atoms with Gasteiger partial charge in [0.2, 0.25) is 5.91 Å². The van der Waals surface area contributed by atoms with E-state index in [2.05, 4.69) is 15.3 Å². The highest BCUT2D eigenvalue weighted by Crippen LogP contribution is 2.19. The molecule has 0 fully saturated rings. The number of aromatic nitrogens is 2. The van der Waals surface area contributed by atoms with Crippen LogP contribution >= 0.6 is 11.6 Å². The Morgan fingerprint density at radius 1 is 1.32 bits per heavy atom. The Morgan fingerprint density at radius 2 is 2.05 bits per heavy atom. The normalized spacial score (nSPS) is 10.2. The monoisotopic (exact) mass is 275 g/mol. The highest BCUT2D eigenvalue weighted by molar-refractivity contribution is 6.30. The minimum atomic E-state index is -0.0331. The Kier molecular flexibility index (Phi) is 4.47. The highest BCUT2D eigenvalue weighted by atomic mass is 35.5. The molecule has 1 amide bonds. The first-order valence-corrected chi connectivity index (χ1v) is 6.33. The van der Waals surface area contributed by atoms with Gasteiger partial charge in [0.05, 0.1) is 0 Å². The van der Waals surface area contributed by atoms with Crippen LogP contribution in [0, 0.1) is 6.92 Å². The first kappa shape index (κ1) is 13.5. The summed E-state index contributed by atoms with van der Waals surface area (Å²) in [5.74, 6) is -0.0331. The van der Waals surface area contributed by atoms with Gasteiger partial charge in [-0.05, 0) is 42.7 Å². The first-order chi connectivity index (χ1) is 9.15. The summed E-state index contributed by atoms with van der Waals surface area (Å²) in [5, 5.41) is 3.53. The van der Waals surface area contributed by atoms with Crippen molar-refractivity contribution in [3.05, 3.63) is 53.1 Å². The predicted molar refractivity (Wildman–Crippen MR) is 75.2 cm³/mol. The van der Waals surface area contributed by atoms with E-state index in [0.29, 0.717) is 17.9 Å². The fourth-order valence-corrected chi connectivity index (χ4v) is 1.92. The molecule has 98 valence electrons. The van der Waals surface area contributed by atoms with E-state index < -0.39 is 0 Å². The first-order valence-electron chi connectivity index (χ1n) is 5.95. The van der Waals surface area contributed by atoms with Gasteiger partial charge < -0.3 is 5.32 Å². The smallest absolute Gasteiger partial charge is 0.224 e. The second kappa shape index (κ2) is 6.29. The fourth-order valence-electron chi connectivity index (χ4n) is 1.70. The molecule has 0 aliphatic rings. The van der Waals surface area contributed by atoms with Crippen LogP contribution in [0.2, 0.25) is 5.02 Å². The van der Waals surface area contributed by atoms with Crippen molar-refractivity contribution in [2.24, 2.45) is 0 Å². The van der Waals surface area contributed by atoms with Crippen molar-refractivity contribution >= 4 is 23.2 Å². The topological polar surface area (TPSA) is 54.9 Å². The van der Waals surface area contributed by atoms with Gasteiger partial charge in [-0.2, -0.15) is 0 Å². The van der Waals surface area contributed by atoms with Crippen LogP contribution in [0.1, 0.15) is 17.5 Å². The third-order valence-electron chi connectivity index (χ3n) is 2.72. The maximum absolute atomic E-state index is 11.8. The second-order valence-electron chi connectivity index (χ2n) is 4.25. The summed E-state index contributed by atoms with van der Waals surface area (Å²) in [7, 11) is 0. The minimum absolute atomic E-state index is 0.0331. The number of rotatable bonds is 4.